The third-order valence-corrected chi connectivity index (χ3v) is 19.8. The Kier molecular flexibility index (Phi) is 61.9. The van der Waals surface area contributed by atoms with Crippen molar-refractivity contribution in [2.45, 2.75) is 86.5 Å². The Balaban J connectivity index is 6.72. The number of rotatable bonds is 66. The van der Waals surface area contributed by atoms with Gasteiger partial charge in [-0.1, -0.05) is 41.5 Å². The maximum Gasteiger partial charge on any atom is 0.309 e. The lowest BCUT2D eigenvalue weighted by Crippen LogP contribution is -2.43. The second-order valence-corrected chi connectivity index (χ2v) is 28.9. The minimum atomic E-state index is -0.572. The molecule has 0 aliphatic heterocycles. The van der Waals surface area contributed by atoms with Crippen LogP contribution >= 0.6 is 71.4 Å². The van der Waals surface area contributed by atoms with Gasteiger partial charge in [0.1, 0.15) is 79.3 Å². The quantitative estimate of drug-likeness (QED) is 0.0364. The fraction of sp³-hybridized carbons (Fsp3) is 0.824. The molecule has 0 aliphatic rings. The van der Waals surface area contributed by atoms with Crippen molar-refractivity contribution in [3.8, 4) is 0 Å². The Morgan fingerprint density at radius 1 is 0.291 bits per heavy atom. The zero-order valence-electron chi connectivity index (χ0n) is 62.6. The number of nitrogens with zero attached hydrogens (tertiary/aromatic N) is 4. The SMILES string of the molecule is CCC(CS)C(=O)OCCOC(=O)CCN(CCC(=O)OCCOC(=O)C(C)CSC)CCN(CCNCCN(CCC(=O)OCCOC(=O)C(C)CSC)CCN(CCC(=O)OCCOC(=O)C(C)CSC)CCC(=O)OCCOC(=O)C(C)CSC)CCC(=O)OCCOC(=O)C(C)CSC. The van der Waals surface area contributed by atoms with Gasteiger partial charge in [-0.3, -0.25) is 57.5 Å². The molecule has 6 atom stereocenters. The van der Waals surface area contributed by atoms with Gasteiger partial charge in [-0.2, -0.15) is 71.4 Å². The van der Waals surface area contributed by atoms with Gasteiger partial charge in [-0.05, 0) is 37.7 Å². The second kappa shape index (κ2) is 64.7. The van der Waals surface area contributed by atoms with E-state index in [-0.39, 0.29) is 187 Å². The lowest BCUT2D eigenvalue weighted by Gasteiger charge is -2.28. The molecule has 0 spiro atoms. The Bertz CT molecular complexity index is 2360. The molecule has 0 aromatic heterocycles. The highest BCUT2D eigenvalue weighted by Gasteiger charge is 2.23. The summed E-state index contributed by atoms with van der Waals surface area (Å²) in [6.07, 6.45) is 9.48. The highest BCUT2D eigenvalue weighted by molar-refractivity contribution is 7.99. The molecule has 35 heteroatoms. The minimum absolute atomic E-state index is 0.0506. The average Bonchev–Trinajstić information content (AvgIpc) is 1.00. The van der Waals surface area contributed by atoms with Gasteiger partial charge in [0.15, 0.2) is 0 Å². The third-order valence-electron chi connectivity index (χ3n) is 15.2. The van der Waals surface area contributed by atoms with E-state index in [2.05, 4.69) is 17.9 Å². The highest BCUT2D eigenvalue weighted by Crippen LogP contribution is 2.13. The smallest absolute Gasteiger partial charge is 0.309 e. The molecule has 0 aliphatic carbocycles. The zero-order chi connectivity index (χ0) is 77.0. The van der Waals surface area contributed by atoms with E-state index in [9.17, 15) is 57.5 Å². The summed E-state index contributed by atoms with van der Waals surface area (Å²) in [7, 11) is 0. The summed E-state index contributed by atoms with van der Waals surface area (Å²) < 4.78 is 64.2. The van der Waals surface area contributed by atoms with Crippen LogP contribution in [0.3, 0.4) is 0 Å². The van der Waals surface area contributed by atoms with Crippen LogP contribution in [0.2, 0.25) is 0 Å². The van der Waals surface area contributed by atoms with E-state index in [0.717, 1.165) is 0 Å². The van der Waals surface area contributed by atoms with Crippen LogP contribution in [0.25, 0.3) is 0 Å². The Morgan fingerprint density at radius 3 is 0.660 bits per heavy atom. The predicted molar refractivity (Wildman–Crippen MR) is 403 cm³/mol. The third kappa shape index (κ3) is 53.9. The Labute approximate surface area is 637 Å². The summed E-state index contributed by atoms with van der Waals surface area (Å²) in [5, 5.41) is 3.45. The molecular weight excluding hydrogens is 1460 g/mol. The molecule has 0 heterocycles. The van der Waals surface area contributed by atoms with Crippen LogP contribution < -0.4 is 5.32 Å². The average molecular weight is 1580 g/mol. The molecule has 0 bridgehead atoms. The van der Waals surface area contributed by atoms with E-state index in [1.165, 1.54) is 58.8 Å². The standard InChI is InChI=1S/C68H119N5O24S6/c1-12-56(45-98)68(85)97-44-38-91-60(77)16-24-71(23-15-59(76)88-35-41-94-65(82)53(4)48-101-9)30-32-73(26-18-62(79)90-37-43-96-67(84)55(6)50-103-11)28-20-69-19-27-72(25-17-61(78)89-36-42-95-66(83)54(5)49-102-10)31-29-70(21-13-57(74)86-33-39-92-63(80)51(2)46-99-7)22-14-58(75)87-34-40-93-64(81)52(3)47-100-8/h51-56,69,98H,12-50H2,1-11H3. The minimum Gasteiger partial charge on any atom is -0.462 e. The fourth-order valence-corrected chi connectivity index (χ4v) is 12.6. The number of hydrogen-bond acceptors (Lipinski definition) is 35. The lowest BCUT2D eigenvalue weighted by atomic mass is 10.1. The van der Waals surface area contributed by atoms with Gasteiger partial charge in [-0.15, -0.1) is 0 Å². The highest BCUT2D eigenvalue weighted by atomic mass is 32.2. The summed E-state index contributed by atoms with van der Waals surface area (Å²) in [6.45, 7) is 12.7. The van der Waals surface area contributed by atoms with Crippen molar-refractivity contribution in [3.63, 3.8) is 0 Å². The van der Waals surface area contributed by atoms with Crippen molar-refractivity contribution in [3.05, 3.63) is 0 Å². The summed E-state index contributed by atoms with van der Waals surface area (Å²) in [5.41, 5.74) is 0. The molecule has 0 saturated heterocycles. The Hall–Kier alpha value is -4.46. The molecule has 6 unspecified atom stereocenters. The molecule has 0 aromatic rings. The van der Waals surface area contributed by atoms with Crippen molar-refractivity contribution in [2.24, 2.45) is 35.5 Å². The first-order valence-corrected chi connectivity index (χ1v) is 42.6. The molecule has 0 amide bonds. The number of ether oxygens (including phenoxy) is 12. The monoisotopic (exact) mass is 1580 g/mol. The number of carbonyl (C=O) groups is 12. The molecule has 0 rings (SSSR count). The van der Waals surface area contributed by atoms with Gasteiger partial charge in [0.05, 0.1) is 74.0 Å². The van der Waals surface area contributed by atoms with E-state index in [1.54, 1.807) is 34.6 Å². The molecule has 596 valence electrons. The van der Waals surface area contributed by atoms with Crippen LogP contribution in [0.1, 0.15) is 86.5 Å². The first-order chi connectivity index (χ1) is 49.4. The van der Waals surface area contributed by atoms with Gasteiger partial charge < -0.3 is 81.8 Å². The summed E-state index contributed by atoms with van der Waals surface area (Å²) >= 11 is 11.7. The van der Waals surface area contributed by atoms with Crippen LogP contribution in [0.5, 0.6) is 0 Å². The van der Waals surface area contributed by atoms with Crippen molar-refractivity contribution in [1.82, 2.24) is 24.9 Å². The predicted octanol–water partition coefficient (Wildman–Crippen LogP) is 4.59. The van der Waals surface area contributed by atoms with Gasteiger partial charge in [0, 0.05) is 126 Å². The molecule has 0 aromatic carbocycles. The van der Waals surface area contributed by atoms with Gasteiger partial charge in [-0.25, -0.2) is 0 Å². The van der Waals surface area contributed by atoms with Crippen LogP contribution in [0, 0.1) is 35.5 Å². The Morgan fingerprint density at radius 2 is 0.476 bits per heavy atom. The number of esters is 12. The molecule has 1 N–H and O–H groups in total. The number of thiol groups is 1. The summed E-state index contributed by atoms with van der Waals surface area (Å²) in [4.78, 5) is 161. The molecule has 103 heavy (non-hydrogen) atoms. The largest absolute Gasteiger partial charge is 0.462 e. The van der Waals surface area contributed by atoms with Crippen LogP contribution in [0.15, 0.2) is 0 Å². The van der Waals surface area contributed by atoms with E-state index in [4.69, 9.17) is 56.8 Å². The number of carbonyl (C=O) groups excluding carboxylic acids is 12. The van der Waals surface area contributed by atoms with Crippen LogP contribution in [-0.4, -0.2) is 328 Å². The van der Waals surface area contributed by atoms with E-state index in [1.807, 2.05) is 57.8 Å². The molecule has 0 radical (unpaired) electrons. The van der Waals surface area contributed by atoms with Gasteiger partial charge in [0.2, 0.25) is 0 Å². The van der Waals surface area contributed by atoms with Gasteiger partial charge in [0.25, 0.3) is 0 Å². The fourth-order valence-electron chi connectivity index (χ4n) is 9.01. The number of nitrogens with one attached hydrogen (secondary N) is 1. The van der Waals surface area contributed by atoms with E-state index >= 15 is 0 Å². The van der Waals surface area contributed by atoms with Crippen molar-refractivity contribution < 1.29 is 114 Å². The number of thioether (sulfide) groups is 5. The van der Waals surface area contributed by atoms with E-state index < -0.39 is 77.5 Å². The second-order valence-electron chi connectivity index (χ2n) is 24.0. The molecule has 0 saturated carbocycles. The maximum atomic E-state index is 13.2. The lowest BCUT2D eigenvalue weighted by molar-refractivity contribution is -0.155. The first-order valence-electron chi connectivity index (χ1n) is 35.0. The first kappa shape index (κ1) is 98.5. The molecule has 29 nitrogen and oxygen atoms in total. The molecule has 0 fully saturated rings. The van der Waals surface area contributed by atoms with Crippen molar-refractivity contribution in [2.75, 3.05) is 237 Å². The topological polar surface area (TPSA) is 341 Å². The zero-order valence-corrected chi connectivity index (χ0v) is 67.6. The summed E-state index contributed by atoms with van der Waals surface area (Å²) in [6, 6.07) is 0. The summed E-state index contributed by atoms with van der Waals surface area (Å²) in [5.74, 6) is -4.69. The van der Waals surface area contributed by atoms with Crippen molar-refractivity contribution >= 4 is 143 Å². The number of hydrogen-bond donors (Lipinski definition) is 2. The normalized spacial score (nSPS) is 13.0. The molecular formula is C68H119N5O24S6. The van der Waals surface area contributed by atoms with Crippen molar-refractivity contribution in [1.29, 1.82) is 0 Å². The maximum absolute atomic E-state index is 13.2. The van der Waals surface area contributed by atoms with Crippen LogP contribution in [0.4, 0.5) is 0 Å². The van der Waals surface area contributed by atoms with Crippen LogP contribution in [-0.2, 0) is 114 Å². The van der Waals surface area contributed by atoms with E-state index in [0.29, 0.717) is 93.3 Å². The van der Waals surface area contributed by atoms with Gasteiger partial charge >= 0.3 is 71.6 Å².